The smallest absolute Gasteiger partial charge is 0.271 e. The second kappa shape index (κ2) is 4.09. The van der Waals surface area contributed by atoms with Crippen LogP contribution in [-0.2, 0) is 4.79 Å². The van der Waals surface area contributed by atoms with Crippen molar-refractivity contribution in [2.75, 3.05) is 19.3 Å². The Kier molecular flexibility index (Phi) is 2.78. The molecule has 1 aliphatic heterocycles. The number of rotatable bonds is 2. The van der Waals surface area contributed by atoms with Crippen molar-refractivity contribution in [1.82, 2.24) is 15.2 Å². The summed E-state index contributed by atoms with van der Waals surface area (Å²) in [6.07, 6.45) is 0.640. The number of carbonyl (C=O) groups excluding carboxylic acids is 2. The molecular weight excluding hydrogens is 228 g/mol. The van der Waals surface area contributed by atoms with Crippen LogP contribution in [0.3, 0.4) is 0 Å². The van der Waals surface area contributed by atoms with Crippen molar-refractivity contribution in [2.45, 2.75) is 12.5 Å². The van der Waals surface area contributed by atoms with Crippen molar-refractivity contribution in [3.63, 3.8) is 0 Å². The van der Waals surface area contributed by atoms with Gasteiger partial charge in [0.15, 0.2) is 5.13 Å². The zero-order chi connectivity index (χ0) is 11.7. The number of hydrogen-bond donors (Lipinski definition) is 2. The Hall–Kier alpha value is -1.63. The lowest BCUT2D eigenvalue weighted by Crippen LogP contribution is -2.40. The molecule has 2 amide bonds. The van der Waals surface area contributed by atoms with Crippen LogP contribution in [0, 0.1) is 0 Å². The van der Waals surface area contributed by atoms with Crippen molar-refractivity contribution < 1.29 is 9.59 Å². The van der Waals surface area contributed by atoms with E-state index >= 15 is 0 Å². The molecule has 0 radical (unpaired) electrons. The molecule has 6 nitrogen and oxygen atoms in total. The average molecular weight is 240 g/mol. The van der Waals surface area contributed by atoms with Gasteiger partial charge in [0.2, 0.25) is 5.91 Å². The molecule has 0 bridgehead atoms. The highest BCUT2D eigenvalue weighted by molar-refractivity contribution is 7.13. The van der Waals surface area contributed by atoms with Crippen LogP contribution in [0.15, 0.2) is 5.38 Å². The maximum Gasteiger partial charge on any atom is 0.271 e. The van der Waals surface area contributed by atoms with E-state index in [1.807, 2.05) is 0 Å². The largest absolute Gasteiger partial charge is 0.375 e. The third kappa shape index (κ3) is 1.99. The molecule has 7 heteroatoms. The van der Waals surface area contributed by atoms with Gasteiger partial charge in [-0.05, 0) is 6.42 Å². The molecule has 2 heterocycles. The molecule has 1 aliphatic rings. The van der Waals surface area contributed by atoms with Crippen LogP contribution < -0.4 is 11.1 Å². The molecule has 1 saturated heterocycles. The van der Waals surface area contributed by atoms with Crippen LogP contribution >= 0.6 is 11.3 Å². The fourth-order valence-corrected chi connectivity index (χ4v) is 2.12. The summed E-state index contributed by atoms with van der Waals surface area (Å²) in [5.74, 6) is -0.404. The second-order valence-electron chi connectivity index (χ2n) is 3.65. The number of aromatic nitrogens is 1. The summed E-state index contributed by atoms with van der Waals surface area (Å²) in [6.45, 7) is 0.670. The standard InChI is InChI=1S/C9H12N4O2S/c1-13-3-2-5(8(13)15)11-7(14)6-4-16-9(10)12-6/h4-5H,2-3H2,1H3,(H2,10,12)(H,11,14). The lowest BCUT2D eigenvalue weighted by atomic mass is 10.2. The normalized spacial score (nSPS) is 20.2. The summed E-state index contributed by atoms with van der Waals surface area (Å²) in [6, 6.07) is -0.430. The van der Waals surface area contributed by atoms with Gasteiger partial charge in [-0.3, -0.25) is 9.59 Å². The lowest BCUT2D eigenvalue weighted by molar-refractivity contribution is -0.128. The van der Waals surface area contributed by atoms with Crippen molar-refractivity contribution in [1.29, 1.82) is 0 Å². The third-order valence-corrected chi connectivity index (χ3v) is 3.16. The molecule has 0 spiro atoms. The van der Waals surface area contributed by atoms with Gasteiger partial charge >= 0.3 is 0 Å². The number of nitrogen functional groups attached to an aromatic ring is 1. The summed E-state index contributed by atoms with van der Waals surface area (Å²) in [5, 5.41) is 4.57. The molecule has 2 rings (SSSR count). The molecule has 1 atom stereocenters. The molecular formula is C9H12N4O2S. The van der Waals surface area contributed by atoms with Crippen LogP contribution in [0.25, 0.3) is 0 Å². The number of likely N-dealkylation sites (tertiary alicyclic amines) is 1. The first-order chi connectivity index (χ1) is 7.58. The van der Waals surface area contributed by atoms with Crippen LogP contribution in [0.5, 0.6) is 0 Å². The zero-order valence-electron chi connectivity index (χ0n) is 8.77. The van der Waals surface area contributed by atoms with E-state index in [0.717, 1.165) is 0 Å². The summed E-state index contributed by atoms with van der Waals surface area (Å²) in [7, 11) is 1.72. The molecule has 3 N–H and O–H groups in total. The van der Waals surface area contributed by atoms with E-state index in [9.17, 15) is 9.59 Å². The first-order valence-corrected chi connectivity index (χ1v) is 5.72. The summed E-state index contributed by atoms with van der Waals surface area (Å²) in [4.78, 5) is 28.7. The van der Waals surface area contributed by atoms with Gasteiger partial charge in [0.25, 0.3) is 5.91 Å². The number of thiazole rings is 1. The minimum atomic E-state index is -0.430. The minimum Gasteiger partial charge on any atom is -0.375 e. The lowest BCUT2D eigenvalue weighted by Gasteiger charge is -2.10. The first kappa shape index (κ1) is 10.9. The quantitative estimate of drug-likeness (QED) is 0.742. The highest BCUT2D eigenvalue weighted by Crippen LogP contribution is 2.13. The molecule has 16 heavy (non-hydrogen) atoms. The molecule has 1 aromatic rings. The maximum absolute atomic E-state index is 11.7. The van der Waals surface area contributed by atoms with Crippen LogP contribution in [0.4, 0.5) is 5.13 Å². The maximum atomic E-state index is 11.7. The topological polar surface area (TPSA) is 88.3 Å². The Morgan fingerprint density at radius 2 is 2.50 bits per heavy atom. The van der Waals surface area contributed by atoms with Gasteiger partial charge in [-0.15, -0.1) is 11.3 Å². The number of amides is 2. The number of anilines is 1. The molecule has 0 aliphatic carbocycles. The Balaban J connectivity index is 2.01. The molecule has 1 unspecified atom stereocenters. The Morgan fingerprint density at radius 3 is 3.00 bits per heavy atom. The predicted octanol–water partition coefficient (Wildman–Crippen LogP) is -0.314. The highest BCUT2D eigenvalue weighted by Gasteiger charge is 2.30. The minimum absolute atomic E-state index is 0.0587. The summed E-state index contributed by atoms with van der Waals surface area (Å²) < 4.78 is 0. The molecule has 0 saturated carbocycles. The summed E-state index contributed by atoms with van der Waals surface area (Å²) >= 11 is 1.20. The molecule has 1 aromatic heterocycles. The van der Waals surface area contributed by atoms with Crippen molar-refractivity contribution in [2.24, 2.45) is 0 Å². The third-order valence-electron chi connectivity index (χ3n) is 2.49. The zero-order valence-corrected chi connectivity index (χ0v) is 9.58. The van der Waals surface area contributed by atoms with E-state index in [0.29, 0.717) is 18.1 Å². The van der Waals surface area contributed by atoms with Crippen LogP contribution in [0.2, 0.25) is 0 Å². The summed E-state index contributed by atoms with van der Waals surface area (Å²) in [5.41, 5.74) is 5.69. The number of likely N-dealkylation sites (N-methyl/N-ethyl adjacent to an activating group) is 1. The molecule has 86 valence electrons. The SMILES string of the molecule is CN1CCC(NC(=O)c2csc(N)n2)C1=O. The van der Waals surface area contributed by atoms with Crippen molar-refractivity contribution in [3.8, 4) is 0 Å². The number of nitrogens with zero attached hydrogens (tertiary/aromatic N) is 2. The Bertz CT molecular complexity index is 431. The van der Waals surface area contributed by atoms with Gasteiger partial charge in [0.05, 0.1) is 0 Å². The Labute approximate surface area is 96.4 Å². The fraction of sp³-hybridized carbons (Fsp3) is 0.444. The van der Waals surface area contributed by atoms with E-state index in [-0.39, 0.29) is 17.5 Å². The Morgan fingerprint density at radius 1 is 1.75 bits per heavy atom. The predicted molar refractivity (Wildman–Crippen MR) is 60.0 cm³/mol. The van der Waals surface area contributed by atoms with Gasteiger partial charge in [0, 0.05) is 19.0 Å². The highest BCUT2D eigenvalue weighted by atomic mass is 32.1. The van der Waals surface area contributed by atoms with Gasteiger partial charge in [-0.25, -0.2) is 4.98 Å². The van der Waals surface area contributed by atoms with Crippen molar-refractivity contribution in [3.05, 3.63) is 11.1 Å². The number of nitrogens with one attached hydrogen (secondary N) is 1. The van der Waals surface area contributed by atoms with Gasteiger partial charge in [-0.1, -0.05) is 0 Å². The van der Waals surface area contributed by atoms with E-state index in [2.05, 4.69) is 10.3 Å². The van der Waals surface area contributed by atoms with Crippen LogP contribution in [-0.4, -0.2) is 41.3 Å². The van der Waals surface area contributed by atoms with Gasteiger partial charge < -0.3 is 16.0 Å². The van der Waals surface area contributed by atoms with Crippen LogP contribution in [0.1, 0.15) is 16.9 Å². The van der Waals surface area contributed by atoms with Gasteiger partial charge in [0.1, 0.15) is 11.7 Å². The molecule has 1 fully saturated rings. The van der Waals surface area contributed by atoms with E-state index in [1.165, 1.54) is 11.3 Å². The monoisotopic (exact) mass is 240 g/mol. The van der Waals surface area contributed by atoms with Gasteiger partial charge in [-0.2, -0.15) is 0 Å². The fourth-order valence-electron chi connectivity index (χ4n) is 1.58. The van der Waals surface area contributed by atoms with E-state index in [1.54, 1.807) is 17.3 Å². The second-order valence-corrected chi connectivity index (χ2v) is 4.54. The molecule has 0 aromatic carbocycles. The average Bonchev–Trinajstić information content (AvgIpc) is 2.79. The van der Waals surface area contributed by atoms with E-state index < -0.39 is 6.04 Å². The number of hydrogen-bond acceptors (Lipinski definition) is 5. The number of nitrogens with two attached hydrogens (primary N) is 1. The first-order valence-electron chi connectivity index (χ1n) is 4.85. The van der Waals surface area contributed by atoms with E-state index in [4.69, 9.17) is 5.73 Å². The number of carbonyl (C=O) groups is 2. The van der Waals surface area contributed by atoms with Crippen molar-refractivity contribution >= 4 is 28.3 Å².